The van der Waals surface area contributed by atoms with Crippen LogP contribution in [0.1, 0.15) is 30.2 Å². The van der Waals surface area contributed by atoms with Crippen LogP contribution >= 0.6 is 0 Å². The minimum Gasteiger partial charge on any atom is -0.460 e. The predicted molar refractivity (Wildman–Crippen MR) is 85.0 cm³/mol. The maximum absolute atomic E-state index is 5.89. The van der Waals surface area contributed by atoms with Crippen LogP contribution in [0.4, 0.5) is 0 Å². The van der Waals surface area contributed by atoms with Crippen molar-refractivity contribution in [1.29, 1.82) is 0 Å². The van der Waals surface area contributed by atoms with E-state index in [1.807, 2.05) is 18.2 Å². The fraction of sp³-hybridized carbons (Fsp3) is 0.263. The molecule has 0 spiro atoms. The second-order valence-electron chi connectivity index (χ2n) is 5.86. The lowest BCUT2D eigenvalue weighted by atomic mass is 10.0. The van der Waals surface area contributed by atoms with E-state index in [0.717, 1.165) is 23.8 Å². The molecule has 1 heterocycles. The number of para-hydroxylation sites is 1. The molecule has 4 rings (SSSR count). The Morgan fingerprint density at radius 3 is 2.52 bits per heavy atom. The van der Waals surface area contributed by atoms with Gasteiger partial charge in [0, 0.05) is 11.4 Å². The molecule has 1 unspecified atom stereocenters. The Bertz CT molecular complexity index is 694. The highest BCUT2D eigenvalue weighted by Crippen LogP contribution is 2.41. The summed E-state index contributed by atoms with van der Waals surface area (Å²) in [7, 11) is 0. The molecule has 2 heteroatoms. The zero-order valence-electron chi connectivity index (χ0n) is 12.0. The van der Waals surface area contributed by atoms with Gasteiger partial charge in [-0.3, -0.25) is 0 Å². The average molecular weight is 277 g/mol. The SMILES string of the molecule is c1ccc(C(NCc2cc3ccccc3o2)C2CC2)cc1. The van der Waals surface area contributed by atoms with Crippen molar-refractivity contribution in [2.75, 3.05) is 0 Å². The van der Waals surface area contributed by atoms with Gasteiger partial charge in [0.2, 0.25) is 0 Å². The predicted octanol–water partition coefficient (Wildman–Crippen LogP) is 4.67. The number of rotatable bonds is 5. The first-order valence-corrected chi connectivity index (χ1v) is 7.66. The molecule has 3 aromatic rings. The van der Waals surface area contributed by atoms with E-state index in [1.54, 1.807) is 0 Å². The first-order chi connectivity index (χ1) is 10.4. The lowest BCUT2D eigenvalue weighted by Gasteiger charge is -2.18. The summed E-state index contributed by atoms with van der Waals surface area (Å²) in [5.41, 5.74) is 2.35. The van der Waals surface area contributed by atoms with Crippen molar-refractivity contribution in [3.63, 3.8) is 0 Å². The fourth-order valence-corrected chi connectivity index (χ4v) is 2.98. The van der Waals surface area contributed by atoms with Crippen LogP contribution < -0.4 is 5.32 Å². The smallest absolute Gasteiger partial charge is 0.134 e. The largest absolute Gasteiger partial charge is 0.460 e. The number of furan rings is 1. The Morgan fingerprint density at radius 2 is 1.76 bits per heavy atom. The van der Waals surface area contributed by atoms with Gasteiger partial charge >= 0.3 is 0 Å². The van der Waals surface area contributed by atoms with Gasteiger partial charge in [0.25, 0.3) is 0 Å². The van der Waals surface area contributed by atoms with Gasteiger partial charge in [0.05, 0.1) is 6.54 Å². The highest BCUT2D eigenvalue weighted by atomic mass is 16.3. The number of benzene rings is 2. The molecule has 0 radical (unpaired) electrons. The van der Waals surface area contributed by atoms with Crippen molar-refractivity contribution >= 4 is 11.0 Å². The van der Waals surface area contributed by atoms with E-state index >= 15 is 0 Å². The van der Waals surface area contributed by atoms with E-state index in [4.69, 9.17) is 4.42 Å². The van der Waals surface area contributed by atoms with Gasteiger partial charge in [0.1, 0.15) is 11.3 Å². The summed E-state index contributed by atoms with van der Waals surface area (Å²) in [6, 6.07) is 21.5. The molecule has 1 N–H and O–H groups in total. The third-order valence-electron chi connectivity index (χ3n) is 4.22. The quantitative estimate of drug-likeness (QED) is 0.733. The van der Waals surface area contributed by atoms with Gasteiger partial charge in [-0.25, -0.2) is 0 Å². The van der Waals surface area contributed by atoms with Gasteiger partial charge in [-0.1, -0.05) is 48.5 Å². The Labute approximate surface area is 124 Å². The summed E-state index contributed by atoms with van der Waals surface area (Å²) < 4.78 is 5.89. The third kappa shape index (κ3) is 2.72. The van der Waals surface area contributed by atoms with Crippen molar-refractivity contribution in [3.05, 3.63) is 72.0 Å². The molecule has 1 saturated carbocycles. The van der Waals surface area contributed by atoms with Crippen LogP contribution in [0.15, 0.2) is 65.1 Å². The molecule has 0 bridgehead atoms. The summed E-state index contributed by atoms with van der Waals surface area (Å²) in [4.78, 5) is 0. The molecule has 1 atom stereocenters. The van der Waals surface area contributed by atoms with E-state index in [-0.39, 0.29) is 0 Å². The topological polar surface area (TPSA) is 25.2 Å². The van der Waals surface area contributed by atoms with Crippen LogP contribution in [0, 0.1) is 5.92 Å². The zero-order chi connectivity index (χ0) is 14.1. The van der Waals surface area contributed by atoms with Crippen molar-refractivity contribution in [1.82, 2.24) is 5.32 Å². The highest BCUT2D eigenvalue weighted by molar-refractivity contribution is 5.77. The van der Waals surface area contributed by atoms with Crippen LogP contribution in [-0.4, -0.2) is 0 Å². The molecule has 0 aliphatic heterocycles. The summed E-state index contributed by atoms with van der Waals surface area (Å²) in [5, 5.41) is 4.86. The summed E-state index contributed by atoms with van der Waals surface area (Å²) >= 11 is 0. The summed E-state index contributed by atoms with van der Waals surface area (Å²) in [5.74, 6) is 1.79. The van der Waals surface area contributed by atoms with Crippen molar-refractivity contribution < 1.29 is 4.42 Å². The van der Waals surface area contributed by atoms with E-state index in [0.29, 0.717) is 6.04 Å². The molecule has 21 heavy (non-hydrogen) atoms. The van der Waals surface area contributed by atoms with Crippen molar-refractivity contribution in [2.45, 2.75) is 25.4 Å². The zero-order valence-corrected chi connectivity index (χ0v) is 12.0. The van der Waals surface area contributed by atoms with Crippen LogP contribution in [0.3, 0.4) is 0 Å². The summed E-state index contributed by atoms with van der Waals surface area (Å²) in [6.07, 6.45) is 2.65. The number of nitrogens with one attached hydrogen (secondary N) is 1. The van der Waals surface area contributed by atoms with Gasteiger partial charge < -0.3 is 9.73 Å². The molecule has 106 valence electrons. The standard InChI is InChI=1S/C19H19NO/c1-2-6-14(7-3-1)19(15-10-11-15)20-13-17-12-16-8-4-5-9-18(16)21-17/h1-9,12,15,19-20H,10-11,13H2. The van der Waals surface area contributed by atoms with E-state index < -0.39 is 0 Å². The first kappa shape index (κ1) is 12.7. The molecule has 0 saturated heterocycles. The fourth-order valence-electron chi connectivity index (χ4n) is 2.98. The van der Waals surface area contributed by atoms with Crippen LogP contribution in [0.2, 0.25) is 0 Å². The summed E-state index contributed by atoms with van der Waals surface area (Å²) in [6.45, 7) is 0.782. The normalized spacial score (nSPS) is 16.2. The third-order valence-corrected chi connectivity index (χ3v) is 4.22. The van der Waals surface area contributed by atoms with Crippen molar-refractivity contribution in [3.8, 4) is 0 Å². The molecule has 2 nitrogen and oxygen atoms in total. The van der Waals surface area contributed by atoms with E-state index in [9.17, 15) is 0 Å². The number of hydrogen-bond donors (Lipinski definition) is 1. The molecule has 1 aliphatic rings. The van der Waals surface area contributed by atoms with E-state index in [2.05, 4.69) is 47.8 Å². The maximum atomic E-state index is 5.89. The van der Waals surface area contributed by atoms with Gasteiger partial charge in [-0.15, -0.1) is 0 Å². The second kappa shape index (κ2) is 5.38. The van der Waals surface area contributed by atoms with Gasteiger partial charge in [0.15, 0.2) is 0 Å². The van der Waals surface area contributed by atoms with Crippen LogP contribution in [-0.2, 0) is 6.54 Å². The Hall–Kier alpha value is -2.06. The number of fused-ring (bicyclic) bond motifs is 1. The average Bonchev–Trinajstić information content (AvgIpc) is 3.27. The number of hydrogen-bond acceptors (Lipinski definition) is 2. The van der Waals surface area contributed by atoms with Crippen molar-refractivity contribution in [2.24, 2.45) is 5.92 Å². The Morgan fingerprint density at radius 1 is 1.00 bits per heavy atom. The Balaban J connectivity index is 1.51. The van der Waals surface area contributed by atoms with Crippen LogP contribution in [0.25, 0.3) is 11.0 Å². The van der Waals surface area contributed by atoms with E-state index in [1.165, 1.54) is 23.8 Å². The highest BCUT2D eigenvalue weighted by Gasteiger charge is 2.31. The molecule has 2 aromatic carbocycles. The molecular weight excluding hydrogens is 258 g/mol. The van der Waals surface area contributed by atoms with Crippen LogP contribution in [0.5, 0.6) is 0 Å². The Kier molecular flexibility index (Phi) is 3.24. The van der Waals surface area contributed by atoms with Gasteiger partial charge in [-0.2, -0.15) is 0 Å². The lowest BCUT2D eigenvalue weighted by molar-refractivity contribution is 0.437. The molecule has 1 aliphatic carbocycles. The lowest BCUT2D eigenvalue weighted by Crippen LogP contribution is -2.22. The molecule has 1 aromatic heterocycles. The minimum absolute atomic E-state index is 0.444. The molecule has 1 fully saturated rings. The second-order valence-corrected chi connectivity index (χ2v) is 5.86. The molecule has 0 amide bonds. The monoisotopic (exact) mass is 277 g/mol. The first-order valence-electron chi connectivity index (χ1n) is 7.66. The molecular formula is C19H19NO. The van der Waals surface area contributed by atoms with Gasteiger partial charge in [-0.05, 0) is 36.5 Å². The maximum Gasteiger partial charge on any atom is 0.134 e. The minimum atomic E-state index is 0.444.